The summed E-state index contributed by atoms with van der Waals surface area (Å²) in [6, 6.07) is 74.9. The molecule has 0 unspecified atom stereocenters. The molecule has 12 aromatic rings. The van der Waals surface area contributed by atoms with Crippen molar-refractivity contribution < 1.29 is 18.3 Å². The van der Waals surface area contributed by atoms with Crippen molar-refractivity contribution in [1.29, 1.82) is 0 Å². The lowest BCUT2D eigenvalue weighted by atomic mass is 10.00. The molecule has 0 radical (unpaired) electrons. The van der Waals surface area contributed by atoms with Crippen LogP contribution in [-0.2, 0) is 28.2 Å². The fourth-order valence-electron chi connectivity index (χ4n) is 10.9. The molecule has 0 amide bonds. The van der Waals surface area contributed by atoms with Crippen LogP contribution < -0.4 is 18.3 Å². The second-order valence-electron chi connectivity index (χ2n) is 24.5. The fourth-order valence-corrected chi connectivity index (χ4v) is 10.9. The second-order valence-corrected chi connectivity index (χ2v) is 24.5. The maximum Gasteiger partial charge on any atom is 0.213 e. The van der Waals surface area contributed by atoms with Crippen molar-refractivity contribution in [3.63, 3.8) is 0 Å². The average Bonchev–Trinajstić information content (AvgIpc) is 3.66. The van der Waals surface area contributed by atoms with E-state index in [1.165, 1.54) is 101 Å². The number of rotatable bonds is 11. The van der Waals surface area contributed by atoms with Crippen LogP contribution in [0.3, 0.4) is 0 Å². The molecule has 0 aliphatic heterocycles. The summed E-state index contributed by atoms with van der Waals surface area (Å²) in [6.07, 6.45) is 10.5. The SMILES string of the molecule is Cc1ccc(-c2cc[n+](C)c(-c3ccccc3C)c2)cc1.Cc1ccccc1-c1cc(-c2ccccc2)cc[n+]1C.Cc1ccccc1-c1ccc(-c2ccc(C(C)C)cn2)c[n+]1C.Cc1ccccc1-c1ccc(-c2nc(C(C)C)nc(C(C)C)n2)c[n+]1C. The fraction of sp³-hybridized carbons (Fsp3) is 0.220. The van der Waals surface area contributed by atoms with E-state index in [1.807, 2.05) is 6.20 Å². The summed E-state index contributed by atoms with van der Waals surface area (Å²) in [5, 5.41) is 0. The Bertz CT molecular complexity index is 4350. The summed E-state index contributed by atoms with van der Waals surface area (Å²) >= 11 is 0. The molecule has 6 aromatic carbocycles. The van der Waals surface area contributed by atoms with Gasteiger partial charge in [0, 0.05) is 76.7 Å². The zero-order valence-electron chi connectivity index (χ0n) is 55.4. The van der Waals surface area contributed by atoms with Crippen LogP contribution in [0.4, 0.5) is 0 Å². The van der Waals surface area contributed by atoms with Gasteiger partial charge in [0.05, 0.1) is 16.8 Å². The molecular weight excluding hydrogens is 1100 g/mol. The highest BCUT2D eigenvalue weighted by atomic mass is 15.0. The van der Waals surface area contributed by atoms with Crippen molar-refractivity contribution in [2.75, 3.05) is 0 Å². The number of nitrogens with zero attached hydrogens (tertiary/aromatic N) is 8. The molecule has 90 heavy (non-hydrogen) atoms. The van der Waals surface area contributed by atoms with E-state index in [4.69, 9.17) is 9.97 Å². The lowest BCUT2D eigenvalue weighted by Gasteiger charge is -2.11. The van der Waals surface area contributed by atoms with Gasteiger partial charge in [0.2, 0.25) is 22.8 Å². The summed E-state index contributed by atoms with van der Waals surface area (Å²) in [6.45, 7) is 23.6. The molecule has 12 rings (SSSR count). The van der Waals surface area contributed by atoms with Crippen LogP contribution in [0.5, 0.6) is 0 Å². The molecule has 0 N–H and O–H groups in total. The first-order valence-corrected chi connectivity index (χ1v) is 31.4. The topological polar surface area (TPSA) is 67.1 Å². The lowest BCUT2D eigenvalue weighted by Crippen LogP contribution is -2.31. The summed E-state index contributed by atoms with van der Waals surface area (Å²) in [7, 11) is 8.35. The Morgan fingerprint density at radius 1 is 0.311 bits per heavy atom. The van der Waals surface area contributed by atoms with Gasteiger partial charge in [-0.05, 0) is 133 Å². The van der Waals surface area contributed by atoms with Gasteiger partial charge in [0.1, 0.15) is 39.8 Å². The summed E-state index contributed by atoms with van der Waals surface area (Å²) in [5.41, 5.74) is 25.8. The van der Waals surface area contributed by atoms with E-state index >= 15 is 0 Å². The van der Waals surface area contributed by atoms with Gasteiger partial charge in [0.25, 0.3) is 0 Å². The molecule has 0 fully saturated rings. The predicted octanol–water partition coefficient (Wildman–Crippen LogP) is 17.9. The number of aryl methyl sites for hydroxylation is 9. The van der Waals surface area contributed by atoms with Gasteiger partial charge in [-0.15, -0.1) is 0 Å². The van der Waals surface area contributed by atoms with E-state index < -0.39 is 0 Å². The van der Waals surface area contributed by atoms with E-state index in [2.05, 4.69) is 370 Å². The molecule has 0 saturated carbocycles. The van der Waals surface area contributed by atoms with Crippen molar-refractivity contribution in [1.82, 2.24) is 19.9 Å². The van der Waals surface area contributed by atoms with Crippen LogP contribution in [0.1, 0.15) is 104 Å². The maximum atomic E-state index is 4.71. The normalized spacial score (nSPS) is 10.9. The van der Waals surface area contributed by atoms with E-state index in [0.717, 1.165) is 34.3 Å². The van der Waals surface area contributed by atoms with Crippen LogP contribution >= 0.6 is 0 Å². The molecule has 0 aliphatic carbocycles. The van der Waals surface area contributed by atoms with E-state index in [0.29, 0.717) is 5.92 Å². The minimum Gasteiger partial charge on any atom is -0.256 e. The van der Waals surface area contributed by atoms with Crippen molar-refractivity contribution in [2.24, 2.45) is 28.2 Å². The molecular formula is C82H88N8+4. The summed E-state index contributed by atoms with van der Waals surface area (Å²) < 4.78 is 8.68. The third-order valence-corrected chi connectivity index (χ3v) is 16.5. The Morgan fingerprint density at radius 2 is 0.700 bits per heavy atom. The summed E-state index contributed by atoms with van der Waals surface area (Å²) in [5.74, 6) is 3.51. The Hall–Kier alpha value is -9.92. The van der Waals surface area contributed by atoms with Crippen LogP contribution in [0.25, 0.3) is 89.9 Å². The first-order valence-electron chi connectivity index (χ1n) is 31.4. The Kier molecular flexibility index (Phi) is 21.4. The van der Waals surface area contributed by atoms with Crippen molar-refractivity contribution in [2.45, 2.75) is 93.9 Å². The van der Waals surface area contributed by atoms with Gasteiger partial charge in [-0.25, -0.2) is 33.2 Å². The van der Waals surface area contributed by atoms with Crippen LogP contribution in [0.15, 0.2) is 243 Å². The lowest BCUT2D eigenvalue weighted by molar-refractivity contribution is -0.660. The smallest absolute Gasteiger partial charge is 0.213 e. The Morgan fingerprint density at radius 3 is 1.10 bits per heavy atom. The second kappa shape index (κ2) is 29.9. The van der Waals surface area contributed by atoms with Gasteiger partial charge >= 0.3 is 0 Å². The third-order valence-electron chi connectivity index (χ3n) is 16.5. The van der Waals surface area contributed by atoms with Crippen LogP contribution in [-0.4, -0.2) is 19.9 Å². The van der Waals surface area contributed by atoms with E-state index in [9.17, 15) is 0 Å². The van der Waals surface area contributed by atoms with Crippen molar-refractivity contribution in [3.05, 3.63) is 288 Å². The molecule has 6 heterocycles. The minimum atomic E-state index is 0.272. The highest BCUT2D eigenvalue weighted by Crippen LogP contribution is 2.30. The first kappa shape index (κ1) is 64.6. The van der Waals surface area contributed by atoms with Gasteiger partial charge in [-0.2, -0.15) is 0 Å². The number of hydrogen-bond acceptors (Lipinski definition) is 4. The average molecular weight is 1190 g/mol. The number of pyridine rings is 5. The minimum absolute atomic E-state index is 0.272. The zero-order chi connectivity index (χ0) is 64.0. The van der Waals surface area contributed by atoms with Gasteiger partial charge in [0.15, 0.2) is 30.6 Å². The Balaban J connectivity index is 0.000000143. The molecule has 0 saturated heterocycles. The van der Waals surface area contributed by atoms with Gasteiger partial charge < -0.3 is 0 Å². The molecule has 8 heteroatoms. The van der Waals surface area contributed by atoms with Crippen molar-refractivity contribution >= 4 is 0 Å². The van der Waals surface area contributed by atoms with E-state index in [-0.39, 0.29) is 11.8 Å². The highest BCUT2D eigenvalue weighted by Gasteiger charge is 2.20. The highest BCUT2D eigenvalue weighted by molar-refractivity contribution is 5.72. The largest absolute Gasteiger partial charge is 0.256 e. The predicted molar refractivity (Wildman–Crippen MR) is 371 cm³/mol. The van der Waals surface area contributed by atoms with Crippen LogP contribution in [0.2, 0.25) is 0 Å². The zero-order valence-corrected chi connectivity index (χ0v) is 55.4. The van der Waals surface area contributed by atoms with Crippen molar-refractivity contribution in [3.8, 4) is 89.9 Å². The van der Waals surface area contributed by atoms with Gasteiger partial charge in [-0.1, -0.05) is 181 Å². The molecule has 0 atom stereocenters. The van der Waals surface area contributed by atoms with Crippen LogP contribution in [0, 0.1) is 34.6 Å². The monoisotopic (exact) mass is 1180 g/mol. The molecule has 0 spiro atoms. The Labute approximate surface area is 535 Å². The molecule has 0 aliphatic rings. The third kappa shape index (κ3) is 16.0. The van der Waals surface area contributed by atoms with E-state index in [1.54, 1.807) is 0 Å². The summed E-state index contributed by atoms with van der Waals surface area (Å²) in [4.78, 5) is 18.7. The molecule has 8 nitrogen and oxygen atoms in total. The molecule has 0 bridgehead atoms. The number of hydrogen-bond donors (Lipinski definition) is 0. The maximum absolute atomic E-state index is 4.71. The quantitative estimate of drug-likeness (QED) is 0.121. The standard InChI is InChI=1S/C22H27N4.C21H23N2.C20H20N.C19H18N/c1-14(2)20-23-21(15(3)4)25-22(24-20)17-11-12-19(26(6)13-17)18-10-8-7-9-16(18)5;1-15(2)17-9-11-20(22-13-17)18-10-12-21(23(4)14-18)19-8-6-5-7-16(19)3;1-15-8-10-17(11-9-15)18-12-13-21(3)20(14-18)19-7-5-4-6-16(19)2;1-15-8-6-7-11-18(15)19-14-17(12-13-20(19)2)16-9-4-3-5-10-16/h7-15H,1-6H3;5-15H,1-4H3;4-14H,1-3H3;3-14H,1-2H3/q4*+1. The number of benzene rings is 6. The van der Waals surface area contributed by atoms with Gasteiger partial charge in [-0.3, -0.25) is 4.98 Å². The molecule has 452 valence electrons. The molecule has 6 aromatic heterocycles. The first-order chi connectivity index (χ1) is 43.3. The number of aromatic nitrogens is 8.